The van der Waals surface area contributed by atoms with E-state index in [9.17, 15) is 9.18 Å². The molecule has 0 saturated carbocycles. The van der Waals surface area contributed by atoms with Gasteiger partial charge < -0.3 is 14.6 Å². The van der Waals surface area contributed by atoms with Crippen molar-refractivity contribution >= 4 is 11.6 Å². The van der Waals surface area contributed by atoms with Crippen LogP contribution in [-0.2, 0) is 4.79 Å². The van der Waals surface area contributed by atoms with Gasteiger partial charge >= 0.3 is 0 Å². The van der Waals surface area contributed by atoms with Crippen molar-refractivity contribution < 1.29 is 18.4 Å². The number of aromatic nitrogens is 2. The van der Waals surface area contributed by atoms with Gasteiger partial charge in [-0.1, -0.05) is 11.2 Å². The number of aryl methyl sites for hydroxylation is 1. The van der Waals surface area contributed by atoms with Crippen molar-refractivity contribution in [2.75, 3.05) is 32.1 Å². The molecule has 0 unspecified atom stereocenters. The Hall–Kier alpha value is -3.26. The van der Waals surface area contributed by atoms with Crippen molar-refractivity contribution in [3.05, 3.63) is 59.7 Å². The molecular formula is C23H25FN4O3. The van der Waals surface area contributed by atoms with E-state index in [2.05, 4.69) is 20.4 Å². The summed E-state index contributed by atoms with van der Waals surface area (Å²) in [7, 11) is 1.59. The molecule has 0 atom stereocenters. The number of rotatable bonds is 6. The number of nitrogens with zero attached hydrogens (tertiary/aromatic N) is 3. The first-order chi connectivity index (χ1) is 15.0. The Labute approximate surface area is 180 Å². The Kier molecular flexibility index (Phi) is 6.27. The van der Waals surface area contributed by atoms with E-state index in [1.807, 2.05) is 25.1 Å². The topological polar surface area (TPSA) is 80.5 Å². The van der Waals surface area contributed by atoms with Crippen LogP contribution in [0.15, 0.2) is 47.0 Å². The first-order valence-electron chi connectivity index (χ1n) is 10.3. The minimum atomic E-state index is -0.301. The van der Waals surface area contributed by atoms with Crippen LogP contribution in [0.4, 0.5) is 10.1 Å². The van der Waals surface area contributed by atoms with Gasteiger partial charge in [-0.2, -0.15) is 4.98 Å². The third-order valence-electron chi connectivity index (χ3n) is 5.48. The zero-order valence-electron chi connectivity index (χ0n) is 17.6. The number of piperidine rings is 1. The number of anilines is 1. The van der Waals surface area contributed by atoms with Crippen molar-refractivity contribution in [2.45, 2.75) is 25.7 Å². The quantitative estimate of drug-likeness (QED) is 0.644. The molecule has 162 valence electrons. The lowest BCUT2D eigenvalue weighted by Crippen LogP contribution is -2.38. The van der Waals surface area contributed by atoms with Crippen LogP contribution in [0.25, 0.3) is 11.4 Å². The number of amides is 1. The van der Waals surface area contributed by atoms with Gasteiger partial charge in [0.1, 0.15) is 11.6 Å². The lowest BCUT2D eigenvalue weighted by molar-refractivity contribution is -0.117. The zero-order chi connectivity index (χ0) is 21.8. The molecule has 31 heavy (non-hydrogen) atoms. The van der Waals surface area contributed by atoms with E-state index in [1.165, 1.54) is 12.1 Å². The summed E-state index contributed by atoms with van der Waals surface area (Å²) < 4.78 is 23.9. The first-order valence-corrected chi connectivity index (χ1v) is 10.3. The lowest BCUT2D eigenvalue weighted by Gasteiger charge is -2.29. The average molecular weight is 424 g/mol. The fraction of sp³-hybridized carbons (Fsp3) is 0.348. The van der Waals surface area contributed by atoms with Crippen LogP contribution in [0.2, 0.25) is 0 Å². The summed E-state index contributed by atoms with van der Waals surface area (Å²) in [6.45, 7) is 3.81. The van der Waals surface area contributed by atoms with Crippen LogP contribution in [-0.4, -0.2) is 47.7 Å². The molecule has 1 saturated heterocycles. The van der Waals surface area contributed by atoms with E-state index in [0.717, 1.165) is 37.1 Å². The monoisotopic (exact) mass is 424 g/mol. The van der Waals surface area contributed by atoms with E-state index >= 15 is 0 Å². The lowest BCUT2D eigenvalue weighted by atomic mass is 9.97. The maximum absolute atomic E-state index is 13.1. The van der Waals surface area contributed by atoms with E-state index in [-0.39, 0.29) is 17.6 Å². The fourth-order valence-corrected chi connectivity index (χ4v) is 3.77. The molecule has 3 aromatic rings. The zero-order valence-corrected chi connectivity index (χ0v) is 17.6. The van der Waals surface area contributed by atoms with Gasteiger partial charge in [0.15, 0.2) is 0 Å². The molecule has 1 aliphatic heterocycles. The normalized spacial score (nSPS) is 15.1. The molecule has 4 rings (SSSR count). The second-order valence-electron chi connectivity index (χ2n) is 7.77. The van der Waals surface area contributed by atoms with Crippen molar-refractivity contribution in [3.63, 3.8) is 0 Å². The van der Waals surface area contributed by atoms with Gasteiger partial charge in [-0.15, -0.1) is 0 Å². The molecule has 0 radical (unpaired) electrons. The molecule has 0 aliphatic carbocycles. The third kappa shape index (κ3) is 5.08. The van der Waals surface area contributed by atoms with E-state index in [0.29, 0.717) is 29.7 Å². The van der Waals surface area contributed by atoms with E-state index in [4.69, 9.17) is 9.26 Å². The highest BCUT2D eigenvalue weighted by Gasteiger charge is 2.26. The smallest absolute Gasteiger partial charge is 0.238 e. The number of hydrogen-bond donors (Lipinski definition) is 1. The fourth-order valence-electron chi connectivity index (χ4n) is 3.77. The Balaban J connectivity index is 1.30. The van der Waals surface area contributed by atoms with Crippen LogP contribution >= 0.6 is 0 Å². The van der Waals surface area contributed by atoms with E-state index in [1.54, 1.807) is 19.2 Å². The van der Waals surface area contributed by atoms with Gasteiger partial charge in [0.2, 0.25) is 17.6 Å². The molecule has 8 heteroatoms. The second-order valence-corrected chi connectivity index (χ2v) is 7.77. The molecule has 2 heterocycles. The molecule has 1 aromatic heterocycles. The largest absolute Gasteiger partial charge is 0.495 e. The van der Waals surface area contributed by atoms with Crippen molar-refractivity contribution in [1.82, 2.24) is 15.0 Å². The summed E-state index contributed by atoms with van der Waals surface area (Å²) >= 11 is 0. The highest BCUT2D eigenvalue weighted by molar-refractivity contribution is 5.93. The number of hydrogen-bond acceptors (Lipinski definition) is 6. The first kappa shape index (κ1) is 21.0. The van der Waals surface area contributed by atoms with Gasteiger partial charge in [-0.05, 0) is 74.8 Å². The predicted molar refractivity (Wildman–Crippen MR) is 114 cm³/mol. The highest BCUT2D eigenvalue weighted by Crippen LogP contribution is 2.29. The van der Waals surface area contributed by atoms with Crippen molar-refractivity contribution in [1.29, 1.82) is 0 Å². The molecule has 7 nitrogen and oxygen atoms in total. The van der Waals surface area contributed by atoms with Crippen LogP contribution < -0.4 is 10.1 Å². The summed E-state index contributed by atoms with van der Waals surface area (Å²) in [5.74, 6) is 1.48. The summed E-state index contributed by atoms with van der Waals surface area (Å²) in [4.78, 5) is 19.1. The minimum Gasteiger partial charge on any atom is -0.495 e. The van der Waals surface area contributed by atoms with E-state index < -0.39 is 0 Å². The van der Waals surface area contributed by atoms with Crippen LogP contribution in [0.5, 0.6) is 5.75 Å². The number of carbonyl (C=O) groups is 1. The van der Waals surface area contributed by atoms with Crippen LogP contribution in [0.3, 0.4) is 0 Å². The van der Waals surface area contributed by atoms with Crippen LogP contribution in [0.1, 0.15) is 30.2 Å². The summed E-state index contributed by atoms with van der Waals surface area (Å²) in [5.41, 5.74) is 2.45. The number of benzene rings is 2. The molecule has 1 amide bonds. The van der Waals surface area contributed by atoms with Crippen molar-refractivity contribution in [2.24, 2.45) is 0 Å². The SMILES string of the molecule is COc1ccc(C)cc1NC(=O)CN1CCC(c2nc(-c3ccc(F)cc3)no2)CC1. The Bertz CT molecular complexity index is 1040. The molecular weight excluding hydrogens is 399 g/mol. The average Bonchev–Trinajstić information content (AvgIpc) is 3.25. The maximum atomic E-state index is 13.1. The molecule has 0 bridgehead atoms. The number of ether oxygens (including phenoxy) is 1. The Morgan fingerprint density at radius 2 is 1.97 bits per heavy atom. The summed E-state index contributed by atoms with van der Waals surface area (Å²) in [5, 5.41) is 6.98. The van der Waals surface area contributed by atoms with Gasteiger partial charge in [-0.25, -0.2) is 4.39 Å². The minimum absolute atomic E-state index is 0.0706. The molecule has 0 spiro atoms. The number of methoxy groups -OCH3 is 1. The molecule has 1 aliphatic rings. The third-order valence-corrected chi connectivity index (χ3v) is 5.48. The van der Waals surface area contributed by atoms with Crippen molar-refractivity contribution in [3.8, 4) is 17.1 Å². The van der Waals surface area contributed by atoms with Gasteiger partial charge in [-0.3, -0.25) is 9.69 Å². The molecule has 1 fully saturated rings. The number of likely N-dealkylation sites (tertiary alicyclic amines) is 1. The number of carbonyl (C=O) groups excluding carboxylic acids is 1. The Morgan fingerprint density at radius 3 is 2.68 bits per heavy atom. The van der Waals surface area contributed by atoms with Gasteiger partial charge in [0.25, 0.3) is 0 Å². The summed E-state index contributed by atoms with van der Waals surface area (Å²) in [6.07, 6.45) is 1.65. The maximum Gasteiger partial charge on any atom is 0.238 e. The standard InChI is InChI=1S/C23H25FN4O3/c1-15-3-8-20(30-2)19(13-15)25-21(29)14-28-11-9-17(10-12-28)23-26-22(27-31-23)16-4-6-18(24)7-5-16/h3-8,13,17H,9-12,14H2,1-2H3,(H,25,29). The van der Waals surface area contributed by atoms with Crippen LogP contribution in [0, 0.1) is 12.7 Å². The predicted octanol–water partition coefficient (Wildman–Crippen LogP) is 4.01. The molecule has 1 N–H and O–H groups in total. The van der Waals surface area contributed by atoms with Gasteiger partial charge in [0, 0.05) is 11.5 Å². The summed E-state index contributed by atoms with van der Waals surface area (Å²) in [6, 6.07) is 11.7. The van der Waals surface area contributed by atoms with Gasteiger partial charge in [0.05, 0.1) is 19.3 Å². The number of halogens is 1. The Morgan fingerprint density at radius 1 is 1.23 bits per heavy atom. The molecule has 2 aromatic carbocycles. The second kappa shape index (κ2) is 9.26. The number of nitrogens with one attached hydrogen (secondary N) is 1. The highest BCUT2D eigenvalue weighted by atomic mass is 19.1.